The Labute approximate surface area is 155 Å². The van der Waals surface area contributed by atoms with Crippen molar-refractivity contribution in [1.29, 1.82) is 0 Å². The molecule has 0 radical (unpaired) electrons. The van der Waals surface area contributed by atoms with Gasteiger partial charge < -0.3 is 4.90 Å². The number of carbonyl (C=O) groups excluding carboxylic acids is 1. The van der Waals surface area contributed by atoms with Gasteiger partial charge in [0, 0.05) is 31.6 Å². The van der Waals surface area contributed by atoms with Crippen LogP contribution in [-0.2, 0) is 11.3 Å². The Morgan fingerprint density at radius 3 is 2.50 bits per heavy atom. The molecule has 0 N–H and O–H groups in total. The number of likely N-dealkylation sites (tertiary alicyclic amines) is 2. The maximum absolute atomic E-state index is 13.8. The molecule has 0 spiro atoms. The molecule has 26 heavy (non-hydrogen) atoms. The first-order chi connectivity index (χ1) is 12.4. The van der Waals surface area contributed by atoms with Crippen molar-refractivity contribution in [3.05, 3.63) is 35.4 Å². The Morgan fingerprint density at radius 2 is 1.81 bits per heavy atom. The molecule has 2 heterocycles. The summed E-state index contributed by atoms with van der Waals surface area (Å²) in [5.74, 6) is 0.452. The fourth-order valence-corrected chi connectivity index (χ4v) is 4.37. The van der Waals surface area contributed by atoms with Gasteiger partial charge in [-0.15, -0.1) is 0 Å². The van der Waals surface area contributed by atoms with Crippen molar-refractivity contribution in [1.82, 2.24) is 9.80 Å². The third-order valence-electron chi connectivity index (χ3n) is 5.88. The van der Waals surface area contributed by atoms with E-state index in [1.54, 1.807) is 12.1 Å². The van der Waals surface area contributed by atoms with Crippen molar-refractivity contribution in [2.45, 2.75) is 46.1 Å². The lowest BCUT2D eigenvalue weighted by atomic mass is 9.83. The number of halogens is 2. The van der Waals surface area contributed by atoms with Crippen molar-refractivity contribution >= 4 is 5.91 Å². The highest BCUT2D eigenvalue weighted by Gasteiger charge is 2.33. The monoisotopic (exact) mass is 364 g/mol. The molecule has 3 nitrogen and oxygen atoms in total. The molecule has 1 aromatic rings. The molecule has 1 aromatic carbocycles. The molecular weight excluding hydrogens is 334 g/mol. The molecule has 0 aliphatic carbocycles. The van der Waals surface area contributed by atoms with Gasteiger partial charge in [0.25, 0.3) is 0 Å². The molecule has 2 saturated heterocycles. The van der Waals surface area contributed by atoms with E-state index in [1.807, 2.05) is 4.90 Å². The number of amides is 1. The SMILES string of the molecule is CC(C)CC(=O)N1CC[C@H](C2CCN(Cc3cccc(F)c3F)CC2)C1. The van der Waals surface area contributed by atoms with E-state index in [1.165, 1.54) is 0 Å². The average Bonchev–Trinajstić information content (AvgIpc) is 3.09. The van der Waals surface area contributed by atoms with Crippen molar-refractivity contribution in [3.63, 3.8) is 0 Å². The van der Waals surface area contributed by atoms with Crippen LogP contribution in [-0.4, -0.2) is 41.9 Å². The molecule has 0 aromatic heterocycles. The van der Waals surface area contributed by atoms with Gasteiger partial charge in [-0.25, -0.2) is 8.78 Å². The fraction of sp³-hybridized carbons (Fsp3) is 0.667. The molecule has 0 bridgehead atoms. The smallest absolute Gasteiger partial charge is 0.222 e. The Balaban J connectivity index is 1.47. The minimum Gasteiger partial charge on any atom is -0.342 e. The van der Waals surface area contributed by atoms with Gasteiger partial charge in [-0.1, -0.05) is 26.0 Å². The molecule has 2 aliphatic rings. The molecule has 0 saturated carbocycles. The summed E-state index contributed by atoms with van der Waals surface area (Å²) >= 11 is 0. The summed E-state index contributed by atoms with van der Waals surface area (Å²) in [7, 11) is 0. The first-order valence-corrected chi connectivity index (χ1v) is 9.87. The van der Waals surface area contributed by atoms with Crippen LogP contribution in [0.1, 0.15) is 45.1 Å². The Bertz CT molecular complexity index is 626. The molecule has 5 heteroatoms. The third-order valence-corrected chi connectivity index (χ3v) is 5.88. The van der Waals surface area contributed by atoms with Crippen LogP contribution in [0.2, 0.25) is 0 Å². The fourth-order valence-electron chi connectivity index (χ4n) is 4.37. The Kier molecular flexibility index (Phi) is 6.28. The maximum atomic E-state index is 13.8. The highest BCUT2D eigenvalue weighted by molar-refractivity contribution is 5.76. The minimum atomic E-state index is -0.769. The summed E-state index contributed by atoms with van der Waals surface area (Å²) < 4.78 is 27.2. The molecule has 1 atom stereocenters. The zero-order chi connectivity index (χ0) is 18.7. The van der Waals surface area contributed by atoms with E-state index in [2.05, 4.69) is 18.7 Å². The molecule has 3 rings (SSSR count). The number of benzene rings is 1. The predicted octanol–water partition coefficient (Wildman–Crippen LogP) is 4.07. The van der Waals surface area contributed by atoms with E-state index < -0.39 is 11.6 Å². The standard InChI is InChI=1S/C21H30F2N2O/c1-15(2)12-20(26)25-11-8-17(14-25)16-6-9-24(10-7-16)13-18-4-3-5-19(22)21(18)23/h3-5,15-17H,6-14H2,1-2H3/t17-/m0/s1. The summed E-state index contributed by atoms with van der Waals surface area (Å²) in [5, 5.41) is 0. The number of carbonyl (C=O) groups is 1. The lowest BCUT2D eigenvalue weighted by Gasteiger charge is -2.35. The van der Waals surface area contributed by atoms with E-state index in [4.69, 9.17) is 0 Å². The van der Waals surface area contributed by atoms with Crippen LogP contribution in [0.4, 0.5) is 8.78 Å². The van der Waals surface area contributed by atoms with Gasteiger partial charge in [-0.05, 0) is 56.2 Å². The van der Waals surface area contributed by atoms with Crippen LogP contribution in [0.25, 0.3) is 0 Å². The first-order valence-electron chi connectivity index (χ1n) is 9.87. The van der Waals surface area contributed by atoms with Gasteiger partial charge in [0.05, 0.1) is 0 Å². The van der Waals surface area contributed by atoms with Gasteiger partial charge in [0.2, 0.25) is 5.91 Å². The number of rotatable bonds is 5. The average molecular weight is 364 g/mol. The molecule has 1 amide bonds. The summed E-state index contributed by atoms with van der Waals surface area (Å²) in [6.07, 6.45) is 3.90. The number of nitrogens with zero attached hydrogens (tertiary/aromatic N) is 2. The number of hydrogen-bond donors (Lipinski definition) is 0. The van der Waals surface area contributed by atoms with Gasteiger partial charge in [0.1, 0.15) is 0 Å². The Hall–Kier alpha value is -1.49. The van der Waals surface area contributed by atoms with Crippen LogP contribution in [0.3, 0.4) is 0 Å². The van der Waals surface area contributed by atoms with E-state index in [9.17, 15) is 13.6 Å². The first kappa shape index (κ1) is 19.3. The predicted molar refractivity (Wildman–Crippen MR) is 98.5 cm³/mol. The highest BCUT2D eigenvalue weighted by atomic mass is 19.2. The number of piperidine rings is 1. The van der Waals surface area contributed by atoms with Gasteiger partial charge in [-0.3, -0.25) is 9.69 Å². The molecular formula is C21H30F2N2O. The van der Waals surface area contributed by atoms with Gasteiger partial charge in [0.15, 0.2) is 11.6 Å². The van der Waals surface area contributed by atoms with Crippen molar-refractivity contribution in [3.8, 4) is 0 Å². The van der Waals surface area contributed by atoms with Gasteiger partial charge in [-0.2, -0.15) is 0 Å². The highest BCUT2D eigenvalue weighted by Crippen LogP contribution is 2.32. The topological polar surface area (TPSA) is 23.6 Å². The van der Waals surface area contributed by atoms with E-state index in [0.29, 0.717) is 42.2 Å². The summed E-state index contributed by atoms with van der Waals surface area (Å²) in [5.41, 5.74) is 0.440. The van der Waals surface area contributed by atoms with Crippen LogP contribution in [0.5, 0.6) is 0 Å². The van der Waals surface area contributed by atoms with E-state index in [0.717, 1.165) is 51.5 Å². The van der Waals surface area contributed by atoms with Crippen molar-refractivity contribution in [2.75, 3.05) is 26.2 Å². The van der Waals surface area contributed by atoms with Crippen LogP contribution in [0.15, 0.2) is 18.2 Å². The lowest BCUT2D eigenvalue weighted by molar-refractivity contribution is -0.131. The quantitative estimate of drug-likeness (QED) is 0.786. The molecule has 0 unspecified atom stereocenters. The zero-order valence-electron chi connectivity index (χ0n) is 15.9. The van der Waals surface area contributed by atoms with Crippen molar-refractivity contribution < 1.29 is 13.6 Å². The van der Waals surface area contributed by atoms with Crippen LogP contribution in [0, 0.1) is 29.4 Å². The zero-order valence-corrected chi connectivity index (χ0v) is 15.9. The lowest BCUT2D eigenvalue weighted by Crippen LogP contribution is -2.37. The Morgan fingerprint density at radius 1 is 1.12 bits per heavy atom. The van der Waals surface area contributed by atoms with Gasteiger partial charge >= 0.3 is 0 Å². The largest absolute Gasteiger partial charge is 0.342 e. The second-order valence-corrected chi connectivity index (χ2v) is 8.31. The van der Waals surface area contributed by atoms with E-state index in [-0.39, 0.29) is 0 Å². The summed E-state index contributed by atoms with van der Waals surface area (Å²) in [6, 6.07) is 4.40. The third kappa shape index (κ3) is 4.61. The van der Waals surface area contributed by atoms with Crippen LogP contribution < -0.4 is 0 Å². The second kappa shape index (κ2) is 8.47. The minimum absolute atomic E-state index is 0.293. The molecule has 2 aliphatic heterocycles. The van der Waals surface area contributed by atoms with Crippen molar-refractivity contribution in [2.24, 2.45) is 17.8 Å². The normalized spacial score (nSPS) is 22.3. The van der Waals surface area contributed by atoms with Crippen LogP contribution >= 0.6 is 0 Å². The summed E-state index contributed by atoms with van der Waals surface area (Å²) in [6.45, 7) is 8.26. The number of hydrogen-bond acceptors (Lipinski definition) is 2. The van der Waals surface area contributed by atoms with E-state index >= 15 is 0 Å². The molecule has 2 fully saturated rings. The maximum Gasteiger partial charge on any atom is 0.222 e. The second-order valence-electron chi connectivity index (χ2n) is 8.31. The summed E-state index contributed by atoms with van der Waals surface area (Å²) in [4.78, 5) is 16.5. The molecule has 144 valence electrons.